The van der Waals surface area contributed by atoms with E-state index in [1.165, 1.54) is 19.3 Å². The van der Waals surface area contributed by atoms with E-state index < -0.39 is 0 Å². The van der Waals surface area contributed by atoms with Crippen LogP contribution in [0.3, 0.4) is 0 Å². The lowest BCUT2D eigenvalue weighted by molar-refractivity contribution is 0.579. The predicted octanol–water partition coefficient (Wildman–Crippen LogP) is 2.60. The van der Waals surface area contributed by atoms with Gasteiger partial charge in [0.15, 0.2) is 0 Å². The van der Waals surface area contributed by atoms with Crippen molar-refractivity contribution in [2.75, 3.05) is 18.5 Å². The van der Waals surface area contributed by atoms with Crippen LogP contribution in [0.4, 0.5) is 5.82 Å². The van der Waals surface area contributed by atoms with Crippen LogP contribution in [0.5, 0.6) is 0 Å². The molecule has 0 amide bonds. The lowest BCUT2D eigenvalue weighted by Gasteiger charge is -2.18. The zero-order valence-corrected chi connectivity index (χ0v) is 12.1. The molecule has 0 atom stereocenters. The molecule has 0 aromatic carbocycles. The van der Waals surface area contributed by atoms with Crippen molar-refractivity contribution < 1.29 is 0 Å². The molecule has 0 unspecified atom stereocenters. The van der Waals surface area contributed by atoms with Gasteiger partial charge >= 0.3 is 0 Å². The summed E-state index contributed by atoms with van der Waals surface area (Å²) in [5, 5.41) is 3.36. The molecule has 0 radical (unpaired) electrons. The van der Waals surface area contributed by atoms with Crippen LogP contribution >= 0.6 is 0 Å². The fraction of sp³-hybridized carbons (Fsp3) is 0.714. The third-order valence-corrected chi connectivity index (χ3v) is 2.85. The Kier molecular flexibility index (Phi) is 6.65. The first-order valence-electron chi connectivity index (χ1n) is 6.89. The molecule has 0 bridgehead atoms. The summed E-state index contributed by atoms with van der Waals surface area (Å²) in [5.41, 5.74) is 1.00. The first-order chi connectivity index (χ1) is 8.63. The number of nitrogens with one attached hydrogen (secondary N) is 1. The second-order valence-corrected chi connectivity index (χ2v) is 5.03. The van der Waals surface area contributed by atoms with E-state index in [1.807, 2.05) is 12.4 Å². The Hall–Kier alpha value is -1.16. The van der Waals surface area contributed by atoms with Gasteiger partial charge in [-0.3, -0.25) is 4.98 Å². The molecule has 18 heavy (non-hydrogen) atoms. The number of hydrogen-bond donors (Lipinski definition) is 1. The molecule has 0 aliphatic carbocycles. The lowest BCUT2D eigenvalue weighted by Crippen LogP contribution is -2.24. The maximum absolute atomic E-state index is 4.62. The highest BCUT2D eigenvalue weighted by atomic mass is 15.2. The third-order valence-electron chi connectivity index (χ3n) is 2.85. The van der Waals surface area contributed by atoms with Crippen molar-refractivity contribution in [3.63, 3.8) is 0 Å². The Morgan fingerprint density at radius 3 is 2.72 bits per heavy atom. The number of aromatic nitrogens is 2. The number of hydrogen-bond acceptors (Lipinski definition) is 4. The zero-order chi connectivity index (χ0) is 13.4. The molecule has 0 aliphatic heterocycles. The van der Waals surface area contributed by atoms with Gasteiger partial charge in [0.1, 0.15) is 5.82 Å². The van der Waals surface area contributed by atoms with Crippen LogP contribution in [-0.2, 0) is 6.54 Å². The summed E-state index contributed by atoms with van der Waals surface area (Å²) in [4.78, 5) is 11.1. The molecule has 1 heterocycles. The maximum Gasteiger partial charge on any atom is 0.147 e. The van der Waals surface area contributed by atoms with Crippen LogP contribution in [0.1, 0.15) is 45.7 Å². The van der Waals surface area contributed by atoms with Crippen molar-refractivity contribution in [1.29, 1.82) is 0 Å². The van der Waals surface area contributed by atoms with Crippen LogP contribution in [0.2, 0.25) is 0 Å². The number of anilines is 1. The van der Waals surface area contributed by atoms with Crippen molar-refractivity contribution in [1.82, 2.24) is 15.3 Å². The number of rotatable bonds is 8. The number of unbranched alkanes of at least 4 members (excludes halogenated alkanes) is 2. The Morgan fingerprint density at radius 2 is 2.06 bits per heavy atom. The summed E-state index contributed by atoms with van der Waals surface area (Å²) in [6, 6.07) is 0.470. The normalized spacial score (nSPS) is 10.9. The average molecular weight is 250 g/mol. The third kappa shape index (κ3) is 5.45. The van der Waals surface area contributed by atoms with Crippen molar-refractivity contribution in [3.8, 4) is 0 Å². The van der Waals surface area contributed by atoms with Gasteiger partial charge in [-0.15, -0.1) is 0 Å². The molecule has 0 spiro atoms. The van der Waals surface area contributed by atoms with Gasteiger partial charge in [0.2, 0.25) is 0 Å². The minimum absolute atomic E-state index is 0.470. The predicted molar refractivity (Wildman–Crippen MR) is 76.8 cm³/mol. The van der Waals surface area contributed by atoms with E-state index in [-0.39, 0.29) is 0 Å². The summed E-state index contributed by atoms with van der Waals surface area (Å²) >= 11 is 0. The second kappa shape index (κ2) is 8.03. The van der Waals surface area contributed by atoms with Gasteiger partial charge in [-0.05, 0) is 6.42 Å². The maximum atomic E-state index is 4.62. The van der Waals surface area contributed by atoms with Crippen LogP contribution in [0, 0.1) is 0 Å². The molecule has 1 N–H and O–H groups in total. The molecular weight excluding hydrogens is 224 g/mol. The highest BCUT2D eigenvalue weighted by Crippen LogP contribution is 2.09. The van der Waals surface area contributed by atoms with E-state index in [9.17, 15) is 0 Å². The minimum atomic E-state index is 0.470. The van der Waals surface area contributed by atoms with E-state index in [4.69, 9.17) is 0 Å². The van der Waals surface area contributed by atoms with Crippen molar-refractivity contribution >= 4 is 5.82 Å². The van der Waals surface area contributed by atoms with Gasteiger partial charge in [0, 0.05) is 32.4 Å². The van der Waals surface area contributed by atoms with E-state index >= 15 is 0 Å². The van der Waals surface area contributed by atoms with Crippen LogP contribution in [0.15, 0.2) is 12.4 Å². The van der Waals surface area contributed by atoms with Crippen LogP contribution in [0.25, 0.3) is 0 Å². The summed E-state index contributed by atoms with van der Waals surface area (Å²) in [6.45, 7) is 8.31. The summed E-state index contributed by atoms with van der Waals surface area (Å²) < 4.78 is 0. The highest BCUT2D eigenvalue weighted by Gasteiger charge is 2.04. The average Bonchev–Trinajstić information content (AvgIpc) is 2.37. The van der Waals surface area contributed by atoms with E-state index in [0.29, 0.717) is 6.04 Å². The van der Waals surface area contributed by atoms with Crippen LogP contribution < -0.4 is 10.2 Å². The Labute approximate surface area is 111 Å². The van der Waals surface area contributed by atoms with Gasteiger partial charge in [0.05, 0.1) is 11.9 Å². The van der Waals surface area contributed by atoms with Crippen molar-refractivity contribution in [2.45, 2.75) is 52.6 Å². The molecular formula is C14H26N4. The minimum Gasteiger partial charge on any atom is -0.358 e. The van der Waals surface area contributed by atoms with E-state index in [2.05, 4.69) is 48.0 Å². The Balaban J connectivity index is 2.52. The van der Waals surface area contributed by atoms with Gasteiger partial charge in [0.25, 0.3) is 0 Å². The second-order valence-electron chi connectivity index (χ2n) is 5.03. The summed E-state index contributed by atoms with van der Waals surface area (Å²) in [6.07, 6.45) is 7.40. The largest absolute Gasteiger partial charge is 0.358 e. The molecule has 1 aromatic rings. The Morgan fingerprint density at radius 1 is 1.28 bits per heavy atom. The highest BCUT2D eigenvalue weighted by molar-refractivity contribution is 5.34. The van der Waals surface area contributed by atoms with Gasteiger partial charge in [-0.1, -0.05) is 33.6 Å². The molecule has 0 saturated heterocycles. The molecule has 1 rings (SSSR count). The first-order valence-corrected chi connectivity index (χ1v) is 6.89. The van der Waals surface area contributed by atoms with E-state index in [1.54, 1.807) is 0 Å². The fourth-order valence-electron chi connectivity index (χ4n) is 1.69. The molecule has 4 nitrogen and oxygen atoms in total. The molecule has 1 aromatic heterocycles. The monoisotopic (exact) mass is 250 g/mol. The van der Waals surface area contributed by atoms with Crippen molar-refractivity contribution in [2.24, 2.45) is 0 Å². The smallest absolute Gasteiger partial charge is 0.147 e. The molecule has 102 valence electrons. The Bertz CT molecular complexity index is 338. The quantitative estimate of drug-likeness (QED) is 0.720. The zero-order valence-electron chi connectivity index (χ0n) is 12.1. The van der Waals surface area contributed by atoms with Gasteiger partial charge in [-0.25, -0.2) is 4.98 Å². The molecule has 0 saturated carbocycles. The van der Waals surface area contributed by atoms with Gasteiger partial charge in [-0.2, -0.15) is 0 Å². The summed E-state index contributed by atoms with van der Waals surface area (Å²) in [7, 11) is 2.08. The molecule has 0 fully saturated rings. The van der Waals surface area contributed by atoms with E-state index in [0.717, 1.165) is 24.6 Å². The molecule has 4 heteroatoms. The topological polar surface area (TPSA) is 41.1 Å². The number of nitrogens with zero attached hydrogens (tertiary/aromatic N) is 3. The summed E-state index contributed by atoms with van der Waals surface area (Å²) in [5.74, 6) is 0.967. The first kappa shape index (κ1) is 14.9. The lowest BCUT2D eigenvalue weighted by atomic mass is 10.2. The molecule has 0 aliphatic rings. The SMILES string of the molecule is CCCCCN(C)c1cncc(CNC(C)C)n1. The van der Waals surface area contributed by atoms with Crippen molar-refractivity contribution in [3.05, 3.63) is 18.1 Å². The van der Waals surface area contributed by atoms with Crippen LogP contribution in [-0.4, -0.2) is 29.6 Å². The fourth-order valence-corrected chi connectivity index (χ4v) is 1.69. The van der Waals surface area contributed by atoms with Gasteiger partial charge < -0.3 is 10.2 Å². The standard InChI is InChI=1S/C14H26N4/c1-5-6-7-8-18(4)14-11-15-9-13(17-14)10-16-12(2)3/h9,11-12,16H,5-8,10H2,1-4H3.